The zero-order valence-corrected chi connectivity index (χ0v) is 13.7. The topological polar surface area (TPSA) is 97.5 Å². The van der Waals surface area contributed by atoms with Crippen molar-refractivity contribution in [2.75, 3.05) is 5.75 Å². The Labute approximate surface area is 140 Å². The van der Waals surface area contributed by atoms with Crippen LogP contribution in [0, 0.1) is 10.1 Å². The van der Waals surface area contributed by atoms with Gasteiger partial charge in [0.25, 0.3) is 5.69 Å². The molecular formula is C15H13NO5S2. The number of nitro benzene ring substituents is 1. The molecule has 1 aliphatic rings. The van der Waals surface area contributed by atoms with E-state index in [1.165, 1.54) is 47.8 Å². The summed E-state index contributed by atoms with van der Waals surface area (Å²) in [7, 11) is 0. The van der Waals surface area contributed by atoms with E-state index < -0.39 is 16.7 Å². The van der Waals surface area contributed by atoms with Gasteiger partial charge in [-0.3, -0.25) is 14.9 Å². The second kappa shape index (κ2) is 7.47. The smallest absolute Gasteiger partial charge is 0.341 e. The van der Waals surface area contributed by atoms with Gasteiger partial charge in [0.2, 0.25) is 0 Å². The first kappa shape index (κ1) is 17.3. The zero-order valence-electron chi connectivity index (χ0n) is 12.1. The molecule has 1 saturated heterocycles. The van der Waals surface area contributed by atoms with Crippen LogP contribution in [0.15, 0.2) is 40.2 Å². The highest BCUT2D eigenvalue weighted by molar-refractivity contribution is 8.25. The number of hydrogen-bond donors (Lipinski definition) is 1. The lowest BCUT2D eigenvalue weighted by Gasteiger charge is -2.02. The molecule has 6 nitrogen and oxygen atoms in total. The van der Waals surface area contributed by atoms with Gasteiger partial charge in [0.15, 0.2) is 5.78 Å². The molecule has 1 heterocycles. The number of nitro groups is 1. The van der Waals surface area contributed by atoms with Crippen LogP contribution >= 0.6 is 23.5 Å². The van der Waals surface area contributed by atoms with E-state index >= 15 is 0 Å². The summed E-state index contributed by atoms with van der Waals surface area (Å²) in [5.41, 5.74) is 0.126. The molecule has 23 heavy (non-hydrogen) atoms. The molecule has 1 atom stereocenters. The van der Waals surface area contributed by atoms with E-state index in [2.05, 4.69) is 0 Å². The Hall–Kier alpha value is -2.06. The second-order valence-electron chi connectivity index (χ2n) is 4.76. The van der Waals surface area contributed by atoms with Crippen molar-refractivity contribution < 1.29 is 19.6 Å². The Kier molecular flexibility index (Phi) is 5.62. The van der Waals surface area contributed by atoms with E-state index in [-0.39, 0.29) is 16.5 Å². The normalized spacial score (nSPS) is 19.8. The van der Waals surface area contributed by atoms with Gasteiger partial charge in [-0.25, -0.2) is 4.79 Å². The summed E-state index contributed by atoms with van der Waals surface area (Å²) in [6, 6.07) is 5.77. The summed E-state index contributed by atoms with van der Waals surface area (Å²) >= 11 is 2.74. The number of ketones is 1. The number of rotatable bonds is 5. The highest BCUT2D eigenvalue weighted by atomic mass is 32.2. The third kappa shape index (κ3) is 4.46. The highest BCUT2D eigenvalue weighted by Crippen LogP contribution is 2.43. The van der Waals surface area contributed by atoms with Gasteiger partial charge in [0.05, 0.1) is 9.16 Å². The van der Waals surface area contributed by atoms with Gasteiger partial charge in [0, 0.05) is 23.1 Å². The van der Waals surface area contributed by atoms with Crippen molar-refractivity contribution in [3.8, 4) is 0 Å². The van der Waals surface area contributed by atoms with Crippen LogP contribution in [0.2, 0.25) is 0 Å². The first-order chi connectivity index (χ1) is 10.9. The van der Waals surface area contributed by atoms with Crippen LogP contribution < -0.4 is 0 Å². The molecule has 0 radical (unpaired) electrons. The van der Waals surface area contributed by atoms with Crippen LogP contribution in [0.4, 0.5) is 5.69 Å². The third-order valence-electron chi connectivity index (χ3n) is 2.93. The maximum Gasteiger partial charge on any atom is 0.341 e. The SMILES string of the molecule is CC1CSC(=C(C(=O)O)C(=O)C=Cc2cccc([N+](=O)[O-])c2)S1. The molecule has 0 aliphatic carbocycles. The maximum atomic E-state index is 12.2. The van der Waals surface area contributed by atoms with Crippen molar-refractivity contribution in [2.45, 2.75) is 12.2 Å². The molecule has 1 aromatic carbocycles. The van der Waals surface area contributed by atoms with E-state index in [0.29, 0.717) is 9.80 Å². The number of benzene rings is 1. The Morgan fingerprint density at radius 1 is 1.43 bits per heavy atom. The van der Waals surface area contributed by atoms with Crippen molar-refractivity contribution in [1.82, 2.24) is 0 Å². The fourth-order valence-electron chi connectivity index (χ4n) is 1.87. The van der Waals surface area contributed by atoms with Crippen molar-refractivity contribution in [2.24, 2.45) is 0 Å². The minimum atomic E-state index is -1.26. The minimum Gasteiger partial charge on any atom is -0.477 e. The molecule has 1 aromatic rings. The van der Waals surface area contributed by atoms with E-state index in [9.17, 15) is 24.8 Å². The fourth-order valence-corrected chi connectivity index (χ4v) is 4.70. The Bertz CT molecular complexity index is 726. The number of aliphatic carboxylic acids is 1. The number of nitrogens with zero attached hydrogens (tertiary/aromatic N) is 1. The standard InChI is InChI=1S/C15H13NO5S2/c1-9-8-22-15(23-9)13(14(18)19)12(17)6-5-10-3-2-4-11(7-10)16(20)21/h2-7,9H,8H2,1H3,(H,18,19). The first-order valence-electron chi connectivity index (χ1n) is 6.62. The lowest BCUT2D eigenvalue weighted by atomic mass is 10.1. The predicted molar refractivity (Wildman–Crippen MR) is 91.3 cm³/mol. The van der Waals surface area contributed by atoms with E-state index in [1.54, 1.807) is 6.07 Å². The summed E-state index contributed by atoms with van der Waals surface area (Å²) in [5, 5.41) is 20.3. The number of carbonyl (C=O) groups excluding carboxylic acids is 1. The van der Waals surface area contributed by atoms with Crippen LogP contribution in [0.1, 0.15) is 12.5 Å². The Morgan fingerprint density at radius 3 is 2.74 bits per heavy atom. The van der Waals surface area contributed by atoms with Crippen LogP contribution in [0.5, 0.6) is 0 Å². The van der Waals surface area contributed by atoms with Gasteiger partial charge in [-0.2, -0.15) is 0 Å². The molecule has 0 aromatic heterocycles. The lowest BCUT2D eigenvalue weighted by molar-refractivity contribution is -0.384. The van der Waals surface area contributed by atoms with Gasteiger partial charge < -0.3 is 5.11 Å². The van der Waals surface area contributed by atoms with Gasteiger partial charge in [-0.05, 0) is 11.6 Å². The van der Waals surface area contributed by atoms with Crippen molar-refractivity contribution in [3.63, 3.8) is 0 Å². The quantitative estimate of drug-likeness (QED) is 0.286. The number of thioether (sulfide) groups is 2. The maximum absolute atomic E-state index is 12.2. The first-order valence-corrected chi connectivity index (χ1v) is 8.49. The molecule has 1 N–H and O–H groups in total. The monoisotopic (exact) mass is 351 g/mol. The molecule has 0 saturated carbocycles. The van der Waals surface area contributed by atoms with Crippen LogP contribution in [-0.4, -0.2) is 32.8 Å². The van der Waals surface area contributed by atoms with Crippen molar-refractivity contribution >= 4 is 47.0 Å². The molecule has 8 heteroatoms. The summed E-state index contributed by atoms with van der Waals surface area (Å²) in [4.78, 5) is 33.7. The van der Waals surface area contributed by atoms with Gasteiger partial charge in [-0.15, -0.1) is 23.5 Å². The third-order valence-corrected chi connectivity index (χ3v) is 5.90. The number of carbonyl (C=O) groups is 2. The summed E-state index contributed by atoms with van der Waals surface area (Å²) < 4.78 is 0.513. The molecular weight excluding hydrogens is 338 g/mol. The number of non-ortho nitro benzene ring substituents is 1. The van der Waals surface area contributed by atoms with Crippen LogP contribution in [0.3, 0.4) is 0 Å². The number of hydrogen-bond acceptors (Lipinski definition) is 6. The summed E-state index contributed by atoms with van der Waals surface area (Å²) in [6.07, 6.45) is 2.52. The zero-order chi connectivity index (χ0) is 17.0. The summed E-state index contributed by atoms with van der Waals surface area (Å²) in [5.74, 6) is -1.12. The highest BCUT2D eigenvalue weighted by Gasteiger charge is 2.27. The average molecular weight is 351 g/mol. The van der Waals surface area contributed by atoms with E-state index in [0.717, 1.165) is 11.8 Å². The van der Waals surface area contributed by atoms with E-state index in [1.807, 2.05) is 6.92 Å². The minimum absolute atomic E-state index is 0.0906. The average Bonchev–Trinajstić information content (AvgIpc) is 2.91. The van der Waals surface area contributed by atoms with Gasteiger partial charge in [-0.1, -0.05) is 25.1 Å². The number of carboxylic acids is 1. The molecule has 1 unspecified atom stereocenters. The van der Waals surface area contributed by atoms with Crippen LogP contribution in [-0.2, 0) is 9.59 Å². The second-order valence-corrected chi connectivity index (χ2v) is 7.49. The molecule has 1 aliphatic heterocycles. The van der Waals surface area contributed by atoms with Gasteiger partial charge in [0.1, 0.15) is 5.57 Å². The molecule has 0 bridgehead atoms. The van der Waals surface area contributed by atoms with Gasteiger partial charge >= 0.3 is 5.97 Å². The fraction of sp³-hybridized carbons (Fsp3) is 0.200. The Balaban J connectivity index is 2.24. The van der Waals surface area contributed by atoms with Crippen LogP contribution in [0.25, 0.3) is 6.08 Å². The van der Waals surface area contributed by atoms with E-state index in [4.69, 9.17) is 0 Å². The molecule has 0 spiro atoms. The number of allylic oxidation sites excluding steroid dienone is 1. The molecule has 2 rings (SSSR count). The summed E-state index contributed by atoms with van der Waals surface area (Å²) in [6.45, 7) is 1.97. The lowest BCUT2D eigenvalue weighted by Crippen LogP contribution is -2.11. The molecule has 120 valence electrons. The van der Waals surface area contributed by atoms with Crippen molar-refractivity contribution in [1.29, 1.82) is 0 Å². The largest absolute Gasteiger partial charge is 0.477 e. The molecule has 1 fully saturated rings. The molecule has 0 amide bonds. The Morgan fingerprint density at radius 2 is 2.17 bits per heavy atom. The van der Waals surface area contributed by atoms with Crippen molar-refractivity contribution in [3.05, 3.63) is 55.8 Å². The number of carboxylic acid groups (broad SMARTS) is 1. The predicted octanol–water partition coefficient (Wildman–Crippen LogP) is 3.34.